The van der Waals surface area contributed by atoms with Gasteiger partial charge >= 0.3 is 0 Å². The lowest BCUT2D eigenvalue weighted by atomic mass is 9.86. The van der Waals surface area contributed by atoms with Crippen LogP contribution in [0.5, 0.6) is 0 Å². The van der Waals surface area contributed by atoms with E-state index in [1.807, 2.05) is 30.0 Å². The molecule has 0 unspecified atom stereocenters. The number of nitrogens with two attached hydrogens (primary N) is 1. The average Bonchev–Trinajstić information content (AvgIpc) is 2.75. The Morgan fingerprint density at radius 3 is 3.00 bits per heavy atom. The number of halogens is 2. The quantitative estimate of drug-likeness (QED) is 0.851. The molecule has 1 atom stereocenters. The Morgan fingerprint density at radius 1 is 1.52 bits per heavy atom. The van der Waals surface area contributed by atoms with Crippen LogP contribution in [0.2, 0.25) is 5.02 Å². The highest BCUT2D eigenvalue weighted by Crippen LogP contribution is 2.46. The predicted molar refractivity (Wildman–Crippen MR) is 87.0 cm³/mol. The van der Waals surface area contributed by atoms with Gasteiger partial charge in [0.15, 0.2) is 5.82 Å². The van der Waals surface area contributed by atoms with Gasteiger partial charge in [-0.25, -0.2) is 4.98 Å². The van der Waals surface area contributed by atoms with Gasteiger partial charge in [0.05, 0.1) is 12.8 Å². The maximum absolute atomic E-state index is 9.80. The topological polar surface area (TPSA) is 75.3 Å². The van der Waals surface area contributed by atoms with Gasteiger partial charge in [0.1, 0.15) is 5.02 Å². The summed E-state index contributed by atoms with van der Waals surface area (Å²) in [6, 6.07) is 5.96. The van der Waals surface area contributed by atoms with Crippen LogP contribution in [0.3, 0.4) is 0 Å². The summed E-state index contributed by atoms with van der Waals surface area (Å²) in [4.78, 5) is 10.1. The van der Waals surface area contributed by atoms with Gasteiger partial charge < -0.3 is 15.7 Å². The zero-order valence-corrected chi connectivity index (χ0v) is 13.7. The van der Waals surface area contributed by atoms with E-state index in [1.165, 1.54) is 6.20 Å². The third-order valence-corrected chi connectivity index (χ3v) is 4.52. The van der Waals surface area contributed by atoms with Crippen LogP contribution in [-0.2, 0) is 5.41 Å². The number of aliphatic hydroxyl groups is 1. The van der Waals surface area contributed by atoms with Crippen molar-refractivity contribution in [2.75, 3.05) is 23.8 Å². The number of fused-ring (bicyclic) bond motifs is 1. The molecule has 0 fully saturated rings. The maximum atomic E-state index is 9.80. The minimum atomic E-state index is -0.376. The second-order valence-corrected chi connectivity index (χ2v) is 6.69. The van der Waals surface area contributed by atoms with E-state index in [9.17, 15) is 5.11 Å². The lowest BCUT2D eigenvalue weighted by molar-refractivity contribution is 0.216. The molecule has 1 aromatic heterocycles. The van der Waals surface area contributed by atoms with Gasteiger partial charge in [-0.05, 0) is 17.7 Å². The van der Waals surface area contributed by atoms with Crippen LogP contribution in [0.1, 0.15) is 12.5 Å². The Morgan fingerprint density at radius 2 is 2.29 bits per heavy atom. The third-order valence-electron chi connectivity index (χ3n) is 3.76. The van der Waals surface area contributed by atoms with Gasteiger partial charge in [0.25, 0.3) is 0 Å². The first-order valence-corrected chi connectivity index (χ1v) is 7.58. The molecular weight excluding hydrogens is 356 g/mol. The fraction of sp³-hybridized carbons (Fsp3) is 0.286. The van der Waals surface area contributed by atoms with Crippen molar-refractivity contribution in [3.8, 4) is 0 Å². The number of anilines is 3. The molecule has 0 amide bonds. The minimum Gasteiger partial charge on any atom is -0.395 e. The molecule has 5 nitrogen and oxygen atoms in total. The van der Waals surface area contributed by atoms with Gasteiger partial charge in [-0.1, -0.05) is 40.5 Å². The number of hydrogen-bond donors (Lipinski definition) is 2. The molecule has 1 aromatic carbocycles. The Labute approximate surface area is 135 Å². The van der Waals surface area contributed by atoms with Crippen molar-refractivity contribution in [1.29, 1.82) is 0 Å². The molecule has 2 heterocycles. The Kier molecular flexibility index (Phi) is 3.55. The second kappa shape index (κ2) is 5.12. The summed E-state index contributed by atoms with van der Waals surface area (Å²) >= 11 is 9.70. The van der Waals surface area contributed by atoms with Crippen molar-refractivity contribution in [2.24, 2.45) is 0 Å². The first kappa shape index (κ1) is 14.6. The van der Waals surface area contributed by atoms with E-state index in [2.05, 4.69) is 25.9 Å². The molecule has 0 spiro atoms. The lowest BCUT2D eigenvalue weighted by Crippen LogP contribution is -2.32. The van der Waals surface area contributed by atoms with Crippen molar-refractivity contribution < 1.29 is 5.11 Å². The van der Waals surface area contributed by atoms with E-state index in [-0.39, 0.29) is 18.0 Å². The number of aliphatic hydroxyl groups excluding tert-OH is 1. The summed E-state index contributed by atoms with van der Waals surface area (Å²) < 4.78 is 0.951. The summed E-state index contributed by atoms with van der Waals surface area (Å²) in [5.74, 6) is 0.726. The molecule has 21 heavy (non-hydrogen) atoms. The molecule has 0 saturated carbocycles. The Bertz CT molecular complexity index is 711. The summed E-state index contributed by atoms with van der Waals surface area (Å²) in [6.45, 7) is 2.62. The van der Waals surface area contributed by atoms with Crippen LogP contribution in [-0.4, -0.2) is 28.2 Å². The second-order valence-electron chi connectivity index (χ2n) is 5.37. The highest BCUT2D eigenvalue weighted by atomic mass is 79.9. The van der Waals surface area contributed by atoms with Crippen LogP contribution >= 0.6 is 27.5 Å². The number of aromatic nitrogens is 2. The number of nitrogen functional groups attached to an aromatic ring is 1. The van der Waals surface area contributed by atoms with E-state index in [0.29, 0.717) is 17.4 Å². The van der Waals surface area contributed by atoms with Gasteiger partial charge in [0, 0.05) is 22.1 Å². The molecule has 0 bridgehead atoms. The van der Waals surface area contributed by atoms with Crippen LogP contribution in [0.15, 0.2) is 28.9 Å². The van der Waals surface area contributed by atoms with Crippen molar-refractivity contribution in [3.05, 3.63) is 39.5 Å². The molecule has 110 valence electrons. The van der Waals surface area contributed by atoms with Crippen LogP contribution in [0, 0.1) is 0 Å². The lowest BCUT2D eigenvalue weighted by Gasteiger charge is -2.24. The first-order chi connectivity index (χ1) is 9.94. The van der Waals surface area contributed by atoms with Crippen molar-refractivity contribution in [3.63, 3.8) is 0 Å². The van der Waals surface area contributed by atoms with Gasteiger partial charge in [-0.3, -0.25) is 0 Å². The highest BCUT2D eigenvalue weighted by molar-refractivity contribution is 9.10. The maximum Gasteiger partial charge on any atom is 0.222 e. The van der Waals surface area contributed by atoms with Crippen LogP contribution in [0.25, 0.3) is 0 Å². The third kappa shape index (κ3) is 2.37. The molecule has 3 rings (SSSR count). The first-order valence-electron chi connectivity index (χ1n) is 6.41. The number of nitrogens with zero attached hydrogens (tertiary/aromatic N) is 3. The molecule has 1 aliphatic heterocycles. The molecule has 7 heteroatoms. The number of rotatable bonds is 2. The largest absolute Gasteiger partial charge is 0.395 e. The SMILES string of the molecule is C[C@]1(CO)CN(c2nc(N)ncc2Cl)c2cc(Br)ccc21. The summed E-state index contributed by atoms with van der Waals surface area (Å²) in [5, 5.41) is 10.2. The number of hydrogen-bond acceptors (Lipinski definition) is 5. The fourth-order valence-electron chi connectivity index (χ4n) is 2.64. The predicted octanol–water partition coefficient (Wildman–Crippen LogP) is 2.88. The van der Waals surface area contributed by atoms with Gasteiger partial charge in [0.2, 0.25) is 5.95 Å². The van der Waals surface area contributed by atoms with Crippen LogP contribution < -0.4 is 10.6 Å². The summed E-state index contributed by atoms with van der Waals surface area (Å²) in [6.07, 6.45) is 1.49. The molecule has 1 aliphatic rings. The molecular formula is C14H14BrClN4O. The zero-order chi connectivity index (χ0) is 15.2. The Hall–Kier alpha value is -1.37. The van der Waals surface area contributed by atoms with Crippen LogP contribution in [0.4, 0.5) is 17.5 Å². The molecule has 3 N–H and O–H groups in total. The van der Waals surface area contributed by atoms with Crippen molar-refractivity contribution in [1.82, 2.24) is 9.97 Å². The van der Waals surface area contributed by atoms with Gasteiger partial charge in [-0.2, -0.15) is 4.98 Å². The number of benzene rings is 1. The molecule has 0 radical (unpaired) electrons. The van der Waals surface area contributed by atoms with Crippen molar-refractivity contribution in [2.45, 2.75) is 12.3 Å². The Balaban J connectivity index is 2.18. The monoisotopic (exact) mass is 368 g/mol. The smallest absolute Gasteiger partial charge is 0.222 e. The van der Waals surface area contributed by atoms with Crippen molar-refractivity contribution >= 4 is 45.0 Å². The van der Waals surface area contributed by atoms with E-state index >= 15 is 0 Å². The summed E-state index contributed by atoms with van der Waals surface area (Å²) in [5.41, 5.74) is 7.32. The summed E-state index contributed by atoms with van der Waals surface area (Å²) in [7, 11) is 0. The average molecular weight is 370 g/mol. The fourth-order valence-corrected chi connectivity index (χ4v) is 3.18. The van der Waals surface area contributed by atoms with E-state index in [4.69, 9.17) is 17.3 Å². The normalized spacial score (nSPS) is 20.7. The van der Waals surface area contributed by atoms with Gasteiger partial charge in [-0.15, -0.1) is 0 Å². The standard InChI is InChI=1S/C14H14BrClN4O/c1-14(7-21)6-20(11-4-8(15)2-3-9(11)14)12-10(16)5-18-13(17)19-12/h2-5,21H,6-7H2,1H3,(H2,17,18,19)/t14-/m1/s1. The van der Waals surface area contributed by atoms with E-state index < -0.39 is 0 Å². The highest BCUT2D eigenvalue weighted by Gasteiger charge is 2.40. The molecule has 0 saturated heterocycles. The molecule has 0 aliphatic carbocycles. The zero-order valence-electron chi connectivity index (χ0n) is 11.3. The van der Waals surface area contributed by atoms with E-state index in [1.54, 1.807) is 0 Å². The van der Waals surface area contributed by atoms with E-state index in [0.717, 1.165) is 15.7 Å². The minimum absolute atomic E-state index is 0.0380. The molecule has 2 aromatic rings.